The zero-order valence-electron chi connectivity index (χ0n) is 20.3. The number of nitrogens with two attached hydrogens (primary N) is 1. The summed E-state index contributed by atoms with van der Waals surface area (Å²) in [7, 11) is 0. The van der Waals surface area contributed by atoms with Crippen molar-refractivity contribution in [2.75, 3.05) is 16.0 Å². The number of amides is 1. The number of nitriles is 1. The summed E-state index contributed by atoms with van der Waals surface area (Å²) >= 11 is 4.10. The molecule has 0 bridgehead atoms. The molecule has 188 valence electrons. The Morgan fingerprint density at radius 1 is 1.24 bits per heavy atom. The Morgan fingerprint density at radius 3 is 2.73 bits per heavy atom. The number of carbonyl (C=O) groups is 2. The third kappa shape index (κ3) is 4.92. The number of allylic oxidation sites excluding steroid dienone is 3. The van der Waals surface area contributed by atoms with Gasteiger partial charge in [-0.2, -0.15) is 5.26 Å². The summed E-state index contributed by atoms with van der Waals surface area (Å²) in [5.41, 5.74) is 11.3. The van der Waals surface area contributed by atoms with Crippen LogP contribution >= 0.6 is 34.4 Å². The Balaban J connectivity index is 1.41. The van der Waals surface area contributed by atoms with Crippen LogP contribution in [0.15, 0.2) is 62.7 Å². The second kappa shape index (κ2) is 10.5. The molecule has 1 amide bonds. The number of hydrogen-bond acceptors (Lipinski definition) is 10. The Hall–Kier alpha value is -3.46. The predicted octanol–water partition coefficient (Wildman–Crippen LogP) is 5.25. The summed E-state index contributed by atoms with van der Waals surface area (Å²) in [4.78, 5) is 28.3. The van der Waals surface area contributed by atoms with E-state index in [4.69, 9.17) is 5.73 Å². The Labute approximate surface area is 226 Å². The first-order valence-electron chi connectivity index (χ1n) is 11.7. The summed E-state index contributed by atoms with van der Waals surface area (Å²) in [6.07, 6.45) is 1.81. The largest absolute Gasteiger partial charge is 0.384 e. The quantitative estimate of drug-likeness (QED) is 0.400. The lowest BCUT2D eigenvalue weighted by atomic mass is 9.78. The normalized spacial score (nSPS) is 17.6. The van der Waals surface area contributed by atoms with Gasteiger partial charge in [-0.25, -0.2) is 0 Å². The molecule has 1 atom stereocenters. The topological polar surface area (TPSA) is 125 Å². The molecule has 8 nitrogen and oxygen atoms in total. The first kappa shape index (κ1) is 25.2. The minimum Gasteiger partial charge on any atom is -0.384 e. The second-order valence-electron chi connectivity index (χ2n) is 8.84. The van der Waals surface area contributed by atoms with E-state index < -0.39 is 5.92 Å². The van der Waals surface area contributed by atoms with E-state index in [9.17, 15) is 14.9 Å². The van der Waals surface area contributed by atoms with Gasteiger partial charge in [-0.1, -0.05) is 40.8 Å². The number of nitrogens with zero attached hydrogens (tertiary/aromatic N) is 4. The van der Waals surface area contributed by atoms with E-state index in [1.54, 1.807) is 4.90 Å². The fourth-order valence-electron chi connectivity index (χ4n) is 4.56. The highest BCUT2D eigenvalue weighted by Crippen LogP contribution is 2.48. The van der Waals surface area contributed by atoms with Gasteiger partial charge in [0.05, 0.1) is 23.3 Å². The maximum absolute atomic E-state index is 13.2. The van der Waals surface area contributed by atoms with Gasteiger partial charge >= 0.3 is 0 Å². The van der Waals surface area contributed by atoms with Gasteiger partial charge in [0.2, 0.25) is 11.0 Å². The molecule has 2 aliphatic rings. The number of anilines is 2. The van der Waals surface area contributed by atoms with E-state index in [1.807, 2.05) is 49.6 Å². The number of nitrogens with one attached hydrogen (secondary N) is 1. The lowest BCUT2D eigenvalue weighted by Crippen LogP contribution is -2.38. The molecule has 3 heterocycles. The second-order valence-corrected chi connectivity index (χ2v) is 12.0. The van der Waals surface area contributed by atoms with Crippen molar-refractivity contribution in [2.45, 2.75) is 43.4 Å². The SMILES string of the molecule is Cc1ccc(NC(=O)CSc2nnc(N3C(N)=C(C#N)C(c4sccc4C)C4=C3CCCC4=O)s2)cc1. The van der Waals surface area contributed by atoms with Crippen LogP contribution in [-0.4, -0.2) is 27.6 Å². The fourth-order valence-corrected chi connectivity index (χ4v) is 7.28. The van der Waals surface area contributed by atoms with Gasteiger partial charge < -0.3 is 11.1 Å². The number of aromatic nitrogens is 2. The average Bonchev–Trinajstić information content (AvgIpc) is 3.52. The number of carbonyl (C=O) groups excluding carboxylic acids is 2. The van der Waals surface area contributed by atoms with Crippen LogP contribution in [0.5, 0.6) is 0 Å². The molecular formula is C26H24N6O2S3. The molecular weight excluding hydrogens is 525 g/mol. The summed E-state index contributed by atoms with van der Waals surface area (Å²) < 4.78 is 0.598. The Kier molecular flexibility index (Phi) is 7.15. The van der Waals surface area contributed by atoms with Gasteiger partial charge in [0.1, 0.15) is 5.82 Å². The van der Waals surface area contributed by atoms with Crippen LogP contribution in [0.3, 0.4) is 0 Å². The first-order valence-corrected chi connectivity index (χ1v) is 14.4. The molecule has 1 aromatic carbocycles. The molecule has 11 heteroatoms. The predicted molar refractivity (Wildman–Crippen MR) is 147 cm³/mol. The van der Waals surface area contributed by atoms with Gasteiger partial charge in [0.25, 0.3) is 0 Å². The highest BCUT2D eigenvalue weighted by atomic mass is 32.2. The molecule has 37 heavy (non-hydrogen) atoms. The zero-order valence-corrected chi connectivity index (χ0v) is 22.7. The van der Waals surface area contributed by atoms with Crippen molar-refractivity contribution in [3.05, 3.63) is 74.4 Å². The van der Waals surface area contributed by atoms with Crippen LogP contribution in [0.2, 0.25) is 0 Å². The standard InChI is InChI=1S/C26H24N6O2S3/c1-14-6-8-16(9-7-14)29-20(34)13-36-26-31-30-25(37-26)32-18-4-3-5-19(33)22(18)21(17(12-27)24(32)28)23-15(2)10-11-35-23/h6-11,21H,3-5,13,28H2,1-2H3,(H,29,34). The maximum Gasteiger partial charge on any atom is 0.234 e. The van der Waals surface area contributed by atoms with Crippen LogP contribution in [0.4, 0.5) is 10.8 Å². The molecule has 2 aromatic heterocycles. The van der Waals surface area contributed by atoms with E-state index in [0.717, 1.165) is 27.4 Å². The Morgan fingerprint density at radius 2 is 2.03 bits per heavy atom. The minimum absolute atomic E-state index is 0.0381. The molecule has 0 radical (unpaired) electrons. The summed E-state index contributed by atoms with van der Waals surface area (Å²) in [5, 5.41) is 24.0. The molecule has 0 saturated heterocycles. The third-order valence-corrected chi connectivity index (χ3v) is 9.45. The minimum atomic E-state index is -0.462. The van der Waals surface area contributed by atoms with Crippen LogP contribution in [0.1, 0.15) is 41.2 Å². The molecule has 1 unspecified atom stereocenters. The van der Waals surface area contributed by atoms with Gasteiger partial charge in [-0.05, 0) is 55.8 Å². The number of Topliss-reactive ketones (excluding diaryl/α,β-unsaturated/α-hetero) is 1. The highest BCUT2D eigenvalue weighted by molar-refractivity contribution is 8.01. The molecule has 1 aliphatic carbocycles. The number of benzene rings is 1. The van der Waals surface area contributed by atoms with Gasteiger partial charge in [0, 0.05) is 28.3 Å². The first-order chi connectivity index (χ1) is 17.9. The summed E-state index contributed by atoms with van der Waals surface area (Å²) in [6, 6.07) is 11.9. The molecule has 3 aromatic rings. The van der Waals surface area contributed by atoms with Gasteiger partial charge in [-0.3, -0.25) is 14.5 Å². The number of ketones is 1. The molecule has 0 fully saturated rings. The van der Waals surface area contributed by atoms with Crippen LogP contribution < -0.4 is 16.0 Å². The average molecular weight is 549 g/mol. The lowest BCUT2D eigenvalue weighted by molar-refractivity contribution is -0.116. The molecule has 0 spiro atoms. The highest BCUT2D eigenvalue weighted by Gasteiger charge is 2.42. The van der Waals surface area contributed by atoms with E-state index in [-0.39, 0.29) is 23.3 Å². The van der Waals surface area contributed by atoms with E-state index >= 15 is 0 Å². The van der Waals surface area contributed by atoms with E-state index in [2.05, 4.69) is 21.6 Å². The number of aryl methyl sites for hydroxylation is 2. The van der Waals surface area contributed by atoms with Crippen LogP contribution in [-0.2, 0) is 9.59 Å². The van der Waals surface area contributed by atoms with Gasteiger partial charge in [-0.15, -0.1) is 21.5 Å². The van der Waals surface area contributed by atoms with Gasteiger partial charge in [0.15, 0.2) is 10.1 Å². The number of rotatable bonds is 6. The monoisotopic (exact) mass is 548 g/mol. The molecule has 3 N–H and O–H groups in total. The van der Waals surface area contributed by atoms with E-state index in [1.165, 1.54) is 34.4 Å². The molecule has 1 aliphatic heterocycles. The van der Waals surface area contributed by atoms with E-state index in [0.29, 0.717) is 39.9 Å². The van der Waals surface area contributed by atoms with Crippen molar-refractivity contribution in [2.24, 2.45) is 5.73 Å². The molecule has 5 rings (SSSR count). The number of hydrogen-bond donors (Lipinski definition) is 2. The lowest BCUT2D eigenvalue weighted by Gasteiger charge is -2.37. The zero-order chi connectivity index (χ0) is 26.1. The smallest absolute Gasteiger partial charge is 0.234 e. The van der Waals surface area contributed by atoms with Crippen molar-refractivity contribution in [1.82, 2.24) is 10.2 Å². The van der Waals surface area contributed by atoms with Crippen LogP contribution in [0, 0.1) is 25.2 Å². The maximum atomic E-state index is 13.2. The van der Waals surface area contributed by atoms with Crippen molar-refractivity contribution in [3.63, 3.8) is 0 Å². The van der Waals surface area contributed by atoms with Crippen LogP contribution in [0.25, 0.3) is 0 Å². The number of thioether (sulfide) groups is 1. The van der Waals surface area contributed by atoms with Crippen molar-refractivity contribution >= 4 is 56.9 Å². The van der Waals surface area contributed by atoms with Crippen molar-refractivity contribution in [3.8, 4) is 6.07 Å². The summed E-state index contributed by atoms with van der Waals surface area (Å²) in [5.74, 6) is -0.124. The number of thiophene rings is 1. The fraction of sp³-hybridized carbons (Fsp3) is 0.269. The third-order valence-electron chi connectivity index (χ3n) is 6.33. The Bertz CT molecular complexity index is 1480. The molecule has 0 saturated carbocycles. The summed E-state index contributed by atoms with van der Waals surface area (Å²) in [6.45, 7) is 3.98. The van der Waals surface area contributed by atoms with Crippen molar-refractivity contribution < 1.29 is 9.59 Å². The van der Waals surface area contributed by atoms with Crippen molar-refractivity contribution in [1.29, 1.82) is 5.26 Å².